The van der Waals surface area contributed by atoms with E-state index < -0.39 is 0 Å². The Balaban J connectivity index is 1.73. The Labute approximate surface area is 230 Å². The van der Waals surface area contributed by atoms with E-state index in [0.29, 0.717) is 49.2 Å². The van der Waals surface area contributed by atoms with Gasteiger partial charge in [0.1, 0.15) is 30.1 Å². The van der Waals surface area contributed by atoms with Crippen molar-refractivity contribution in [2.24, 2.45) is 11.3 Å². The van der Waals surface area contributed by atoms with E-state index in [1.54, 1.807) is 31.5 Å². The maximum atomic E-state index is 10.4. The van der Waals surface area contributed by atoms with Crippen molar-refractivity contribution in [3.05, 3.63) is 60.3 Å². The molecule has 202 valence electrons. The zero-order valence-corrected chi connectivity index (χ0v) is 25.0. The lowest BCUT2D eigenvalue weighted by Crippen LogP contribution is -2.45. The molecule has 10 heteroatoms. The van der Waals surface area contributed by atoms with Crippen LogP contribution in [0, 0.1) is 11.3 Å². The molecule has 0 amide bonds. The minimum absolute atomic E-state index is 0.0636. The van der Waals surface area contributed by atoms with E-state index in [1.807, 2.05) is 50.3 Å². The number of phenolic OH excluding ortho intramolecular Hbond substituents is 1. The second kappa shape index (κ2) is 13.7. The van der Waals surface area contributed by atoms with E-state index in [9.17, 15) is 5.11 Å². The van der Waals surface area contributed by atoms with E-state index >= 15 is 0 Å². The summed E-state index contributed by atoms with van der Waals surface area (Å²) in [5, 5.41) is 10.4. The summed E-state index contributed by atoms with van der Waals surface area (Å²) in [7, 11) is 2.29. The van der Waals surface area contributed by atoms with Crippen molar-refractivity contribution in [1.29, 1.82) is 0 Å². The fourth-order valence-corrected chi connectivity index (χ4v) is 5.13. The van der Waals surface area contributed by atoms with Crippen molar-refractivity contribution in [2.75, 3.05) is 7.11 Å². The number of methoxy groups -OCH3 is 1. The zero-order chi connectivity index (χ0) is 27.7. The molecule has 0 aliphatic rings. The third-order valence-electron chi connectivity index (χ3n) is 6.58. The molecule has 1 aromatic heterocycles. The van der Waals surface area contributed by atoms with Gasteiger partial charge in [0.05, 0.1) is 13.2 Å². The van der Waals surface area contributed by atoms with Gasteiger partial charge in [0.25, 0.3) is 0 Å². The van der Waals surface area contributed by atoms with Gasteiger partial charge < -0.3 is 28.2 Å². The van der Waals surface area contributed by atoms with Gasteiger partial charge >= 0.3 is 0 Å². The zero-order valence-electron chi connectivity index (χ0n) is 23.0. The molecule has 4 radical (unpaired) electrons. The summed E-state index contributed by atoms with van der Waals surface area (Å²) in [6.07, 6.45) is 1.12. The maximum Gasteiger partial charge on any atom is 0.229 e. The second-order valence-electron chi connectivity index (χ2n) is 9.48. The molecular weight excluding hydrogens is 516 g/mol. The van der Waals surface area contributed by atoms with Crippen molar-refractivity contribution < 1.29 is 28.2 Å². The fraction of sp³-hybridized carbons (Fsp3) is 0.429. The van der Waals surface area contributed by atoms with Gasteiger partial charge in [0.15, 0.2) is 5.82 Å². The minimum Gasteiger partial charge on any atom is -0.508 e. The molecule has 3 aromatic rings. The molecule has 0 unspecified atom stereocenters. The lowest BCUT2D eigenvalue weighted by atomic mass is 9.76. The van der Waals surface area contributed by atoms with Crippen molar-refractivity contribution in [3.8, 4) is 34.5 Å². The van der Waals surface area contributed by atoms with E-state index in [4.69, 9.17) is 23.1 Å². The van der Waals surface area contributed by atoms with Gasteiger partial charge in [-0.25, -0.2) is 4.98 Å². The van der Waals surface area contributed by atoms with Gasteiger partial charge in [-0.1, -0.05) is 32.9 Å². The summed E-state index contributed by atoms with van der Waals surface area (Å²) in [5.41, 5.74) is 1.31. The SMILES string of the molecule is COc1ccc(COc2ccnc(-c3cc(O)cc(O[C@@H](C)[C@@H](C)C(C)(C)C(O[Si]C)O[Si]C)c3)n2)cc1. The molecule has 0 saturated carbocycles. The van der Waals surface area contributed by atoms with Crippen molar-refractivity contribution >= 4 is 19.5 Å². The summed E-state index contributed by atoms with van der Waals surface area (Å²) in [6.45, 7) is 12.7. The molecule has 1 heterocycles. The molecule has 38 heavy (non-hydrogen) atoms. The summed E-state index contributed by atoms with van der Waals surface area (Å²) in [4.78, 5) is 8.92. The van der Waals surface area contributed by atoms with E-state index in [-0.39, 0.29) is 29.5 Å². The van der Waals surface area contributed by atoms with Crippen LogP contribution in [0.5, 0.6) is 23.1 Å². The van der Waals surface area contributed by atoms with Crippen LogP contribution in [0.15, 0.2) is 54.7 Å². The number of aromatic nitrogens is 2. The number of ether oxygens (including phenoxy) is 3. The number of phenols is 1. The van der Waals surface area contributed by atoms with Gasteiger partial charge in [-0.05, 0) is 49.8 Å². The fourth-order valence-electron chi connectivity index (χ4n) is 3.90. The third kappa shape index (κ3) is 7.79. The lowest BCUT2D eigenvalue weighted by molar-refractivity contribution is -0.117. The van der Waals surface area contributed by atoms with Gasteiger partial charge in [0, 0.05) is 35.2 Å². The number of aromatic hydroxyl groups is 1. The molecule has 3 rings (SSSR count). The van der Waals surface area contributed by atoms with Gasteiger partial charge in [-0.3, -0.25) is 0 Å². The van der Waals surface area contributed by atoms with Gasteiger partial charge in [-0.15, -0.1) is 0 Å². The Morgan fingerprint density at radius 3 is 2.26 bits per heavy atom. The van der Waals surface area contributed by atoms with Crippen LogP contribution in [-0.4, -0.2) is 54.1 Å². The Kier molecular flexibility index (Phi) is 10.7. The summed E-state index contributed by atoms with van der Waals surface area (Å²) >= 11 is 0. The average molecular weight is 553 g/mol. The Hall–Kier alpha value is -2.93. The Bertz CT molecular complexity index is 1160. The monoisotopic (exact) mass is 552 g/mol. The van der Waals surface area contributed by atoms with Crippen LogP contribution in [0.25, 0.3) is 11.4 Å². The second-order valence-corrected chi connectivity index (χ2v) is 10.8. The largest absolute Gasteiger partial charge is 0.508 e. The summed E-state index contributed by atoms with van der Waals surface area (Å²) in [6, 6.07) is 14.4. The lowest BCUT2D eigenvalue weighted by Gasteiger charge is -2.41. The smallest absolute Gasteiger partial charge is 0.229 e. The van der Waals surface area contributed by atoms with Gasteiger partial charge in [0.2, 0.25) is 25.4 Å². The average Bonchev–Trinajstić information content (AvgIpc) is 2.91. The first-order valence-electron chi connectivity index (χ1n) is 12.4. The van der Waals surface area contributed by atoms with Crippen LogP contribution < -0.4 is 14.2 Å². The molecule has 8 nitrogen and oxygen atoms in total. The highest BCUT2D eigenvalue weighted by molar-refractivity contribution is 6.26. The molecule has 0 fully saturated rings. The maximum absolute atomic E-state index is 10.4. The molecule has 2 aromatic carbocycles. The Morgan fingerprint density at radius 2 is 1.63 bits per heavy atom. The van der Waals surface area contributed by atoms with Crippen LogP contribution >= 0.6 is 0 Å². The highest BCUT2D eigenvalue weighted by Gasteiger charge is 2.39. The minimum atomic E-state index is -0.330. The molecule has 0 saturated heterocycles. The topological polar surface area (TPSA) is 92.2 Å². The molecule has 1 N–H and O–H groups in total. The Morgan fingerprint density at radius 1 is 0.947 bits per heavy atom. The van der Waals surface area contributed by atoms with Crippen molar-refractivity contribution in [2.45, 2.75) is 59.8 Å². The summed E-state index contributed by atoms with van der Waals surface area (Å²) in [5.74, 6) is 2.31. The number of benzene rings is 2. The van der Waals surface area contributed by atoms with Crippen LogP contribution in [-0.2, 0) is 15.5 Å². The summed E-state index contributed by atoms with van der Waals surface area (Å²) < 4.78 is 29.2. The quantitative estimate of drug-likeness (QED) is 0.205. The van der Waals surface area contributed by atoms with Crippen LogP contribution in [0.3, 0.4) is 0 Å². The first-order valence-corrected chi connectivity index (χ1v) is 15.2. The molecule has 0 bridgehead atoms. The first-order chi connectivity index (χ1) is 18.2. The number of hydrogen-bond acceptors (Lipinski definition) is 8. The van der Waals surface area contributed by atoms with Crippen molar-refractivity contribution in [3.63, 3.8) is 0 Å². The molecule has 2 atom stereocenters. The predicted molar refractivity (Wildman–Crippen MR) is 149 cm³/mol. The number of hydrogen-bond donors (Lipinski definition) is 1. The molecular formula is C28H36N2O6Si2. The highest BCUT2D eigenvalue weighted by Crippen LogP contribution is 2.37. The normalized spacial score (nSPS) is 13.3. The van der Waals surface area contributed by atoms with Crippen LogP contribution in [0.1, 0.15) is 33.3 Å². The standard InChI is InChI=1S/C28H36N2O6Si2/c1-18(28(3,4)27(35-37-6)36-38-7)19(2)34-24-15-21(14-22(31)16-24)26-29-13-12-25(30-26)33-17-20-8-10-23(32-5)11-9-20/h8-16,18-19,27,31H,17H2,1-7H3/t18-,19+/m1/s1. The predicted octanol–water partition coefficient (Wildman–Crippen LogP) is 5.56. The van der Waals surface area contributed by atoms with E-state index in [0.717, 1.165) is 11.3 Å². The third-order valence-corrected chi connectivity index (χ3v) is 7.48. The number of rotatable bonds is 14. The van der Waals surface area contributed by atoms with Crippen LogP contribution in [0.2, 0.25) is 13.1 Å². The van der Waals surface area contributed by atoms with Crippen LogP contribution in [0.4, 0.5) is 0 Å². The first kappa shape index (κ1) is 29.6. The number of nitrogens with zero attached hydrogens (tertiary/aromatic N) is 2. The molecule has 0 aliphatic heterocycles. The van der Waals surface area contributed by atoms with E-state index in [2.05, 4.69) is 30.7 Å². The highest BCUT2D eigenvalue weighted by atomic mass is 28.2. The van der Waals surface area contributed by atoms with Crippen molar-refractivity contribution in [1.82, 2.24) is 9.97 Å². The van der Waals surface area contributed by atoms with Gasteiger partial charge in [-0.2, -0.15) is 4.98 Å². The molecule has 0 aliphatic carbocycles. The van der Waals surface area contributed by atoms with E-state index in [1.165, 1.54) is 0 Å². The molecule has 0 spiro atoms.